The van der Waals surface area contributed by atoms with Crippen LogP contribution in [0.1, 0.15) is 17.3 Å². The van der Waals surface area contributed by atoms with Gasteiger partial charge in [-0.3, -0.25) is 14.8 Å². The average Bonchev–Trinajstić information content (AvgIpc) is 2.76. The third-order valence-corrected chi connectivity index (χ3v) is 5.24. The molecule has 0 atom stereocenters. The van der Waals surface area contributed by atoms with Gasteiger partial charge in [0.25, 0.3) is 0 Å². The number of phenols is 1. The first-order valence-electron chi connectivity index (χ1n) is 9.66. The van der Waals surface area contributed by atoms with Crippen molar-refractivity contribution in [1.82, 2.24) is 15.4 Å². The number of hydrazine groups is 1. The smallest absolute Gasteiger partial charge is 0.423 e. The number of rotatable bonds is 5. The summed E-state index contributed by atoms with van der Waals surface area (Å²) in [6, 6.07) is 7.78. The van der Waals surface area contributed by atoms with Gasteiger partial charge >= 0.3 is 6.09 Å². The Morgan fingerprint density at radius 2 is 2.03 bits per heavy atom. The van der Waals surface area contributed by atoms with Crippen molar-refractivity contribution in [3.8, 4) is 16.9 Å². The largest absolute Gasteiger partial charge is 0.504 e. The number of nitrogens with one attached hydrogen (secondary N) is 2. The quantitative estimate of drug-likeness (QED) is 0.401. The Bertz CT molecular complexity index is 1330. The van der Waals surface area contributed by atoms with Crippen LogP contribution >= 0.6 is 11.6 Å². The summed E-state index contributed by atoms with van der Waals surface area (Å²) in [5.41, 5.74) is 5.18. The number of carbonyl (C=O) groups is 2. The zero-order chi connectivity index (χ0) is 23.7. The van der Waals surface area contributed by atoms with Crippen LogP contribution in [0.25, 0.3) is 22.0 Å². The van der Waals surface area contributed by atoms with Crippen molar-refractivity contribution in [2.45, 2.75) is 6.92 Å². The number of phenolic OH excluding ortho intramolecular Hbond substituents is 1. The molecule has 10 heteroatoms. The number of nitrogens with zero attached hydrogens (tertiary/aromatic N) is 2. The maximum absolute atomic E-state index is 14.1. The molecule has 0 fully saturated rings. The fourth-order valence-corrected chi connectivity index (χ4v) is 3.65. The van der Waals surface area contributed by atoms with Crippen LogP contribution in [0.3, 0.4) is 0 Å². The van der Waals surface area contributed by atoms with E-state index in [0.717, 1.165) is 6.07 Å². The highest BCUT2D eigenvalue weighted by Gasteiger charge is 2.18. The van der Waals surface area contributed by atoms with Crippen LogP contribution < -0.4 is 10.7 Å². The molecule has 0 saturated heterocycles. The minimum atomic E-state index is -1.22. The molecule has 4 rings (SSSR count). The number of Topliss-reactive ketones (excluding diaryl/α,β-unsaturated/α-hetero) is 1. The Hall–Kier alpha value is -4.11. The van der Waals surface area contributed by atoms with Gasteiger partial charge in [0.2, 0.25) is 0 Å². The zero-order valence-electron chi connectivity index (χ0n) is 17.2. The van der Waals surface area contributed by atoms with Crippen LogP contribution in [0.4, 0.5) is 14.9 Å². The molecule has 167 valence electrons. The van der Waals surface area contributed by atoms with Gasteiger partial charge in [0.15, 0.2) is 17.3 Å². The van der Waals surface area contributed by atoms with Crippen molar-refractivity contribution in [3.63, 3.8) is 0 Å². The number of amides is 1. The molecule has 1 amide bonds. The Balaban J connectivity index is 1.80. The number of carboxylic acid groups (broad SMARTS) is 1. The van der Waals surface area contributed by atoms with Gasteiger partial charge in [-0.1, -0.05) is 17.7 Å². The fraction of sp³-hybridized carbons (Fsp3) is 0.0870. The molecule has 1 radical (unpaired) electrons. The van der Waals surface area contributed by atoms with Crippen molar-refractivity contribution in [2.24, 2.45) is 0 Å². The van der Waals surface area contributed by atoms with E-state index in [1.54, 1.807) is 24.3 Å². The van der Waals surface area contributed by atoms with Crippen LogP contribution in [0.5, 0.6) is 5.75 Å². The molecule has 1 aromatic heterocycles. The lowest BCUT2D eigenvalue weighted by molar-refractivity contribution is 0.101. The van der Waals surface area contributed by atoms with Crippen LogP contribution in [0.15, 0.2) is 54.5 Å². The van der Waals surface area contributed by atoms with Crippen molar-refractivity contribution in [3.05, 3.63) is 77.0 Å². The number of allylic oxidation sites excluding steroid dienone is 2. The van der Waals surface area contributed by atoms with Crippen molar-refractivity contribution in [1.29, 1.82) is 0 Å². The van der Waals surface area contributed by atoms with Gasteiger partial charge in [0.05, 0.1) is 28.3 Å². The molecule has 1 aliphatic rings. The fourth-order valence-electron chi connectivity index (χ4n) is 3.44. The summed E-state index contributed by atoms with van der Waals surface area (Å²) >= 11 is 5.93. The summed E-state index contributed by atoms with van der Waals surface area (Å²) in [5, 5.41) is 23.5. The number of halogens is 2. The number of hydrogen-bond donors (Lipinski definition) is 4. The molecule has 8 nitrogen and oxygen atoms in total. The number of anilines is 1. The lowest BCUT2D eigenvalue weighted by atomic mass is 10.00. The third-order valence-electron chi connectivity index (χ3n) is 4.95. The minimum Gasteiger partial charge on any atom is -0.504 e. The maximum atomic E-state index is 14.1. The molecule has 2 aromatic carbocycles. The lowest BCUT2D eigenvalue weighted by Gasteiger charge is -2.25. The van der Waals surface area contributed by atoms with Gasteiger partial charge in [-0.25, -0.2) is 14.6 Å². The Kier molecular flexibility index (Phi) is 5.89. The van der Waals surface area contributed by atoms with E-state index in [-0.39, 0.29) is 17.4 Å². The van der Waals surface area contributed by atoms with E-state index in [9.17, 15) is 19.1 Å². The minimum absolute atomic E-state index is 0.125. The first-order chi connectivity index (χ1) is 15.7. The second-order valence-corrected chi connectivity index (χ2v) is 7.67. The number of benzene rings is 2. The van der Waals surface area contributed by atoms with E-state index < -0.39 is 17.7 Å². The number of aromatic hydroxyl groups is 1. The van der Waals surface area contributed by atoms with Gasteiger partial charge in [-0.2, -0.15) is 0 Å². The Morgan fingerprint density at radius 3 is 2.73 bits per heavy atom. The molecular formula is C23H17ClFN4O4. The molecule has 0 spiro atoms. The highest BCUT2D eigenvalue weighted by atomic mass is 35.5. The van der Waals surface area contributed by atoms with Gasteiger partial charge in [-0.05, 0) is 48.4 Å². The molecule has 0 unspecified atom stereocenters. The second kappa shape index (κ2) is 8.79. The monoisotopic (exact) mass is 467 g/mol. The molecule has 33 heavy (non-hydrogen) atoms. The summed E-state index contributed by atoms with van der Waals surface area (Å²) in [4.78, 5) is 27.6. The number of fused-ring (bicyclic) bond motifs is 1. The van der Waals surface area contributed by atoms with Gasteiger partial charge in [-0.15, -0.1) is 0 Å². The molecule has 2 heterocycles. The summed E-state index contributed by atoms with van der Waals surface area (Å²) in [7, 11) is 0. The van der Waals surface area contributed by atoms with E-state index >= 15 is 0 Å². The number of hydrogen-bond acceptors (Lipinski definition) is 6. The Morgan fingerprint density at radius 1 is 1.24 bits per heavy atom. The zero-order valence-corrected chi connectivity index (χ0v) is 17.9. The first-order valence-corrected chi connectivity index (χ1v) is 10.0. The van der Waals surface area contributed by atoms with Crippen LogP contribution in [0, 0.1) is 11.9 Å². The molecule has 0 saturated carbocycles. The average molecular weight is 468 g/mol. The van der Waals surface area contributed by atoms with E-state index in [4.69, 9.17) is 16.7 Å². The number of pyridine rings is 1. The number of ketones is 1. The lowest BCUT2D eigenvalue weighted by Crippen LogP contribution is -2.40. The second-order valence-electron chi connectivity index (χ2n) is 7.26. The van der Waals surface area contributed by atoms with E-state index in [0.29, 0.717) is 39.0 Å². The SMILES string of the molecule is CC(=O)c1cnc2ccc(-c3cc(F)c(O)c(Cl)c3)cc2c1NC1=C[C]=CN(NC(=O)O)C1. The number of aromatic nitrogens is 1. The van der Waals surface area contributed by atoms with Crippen molar-refractivity contribution >= 4 is 40.1 Å². The maximum Gasteiger partial charge on any atom is 0.423 e. The van der Waals surface area contributed by atoms with E-state index in [1.165, 1.54) is 30.4 Å². The topological polar surface area (TPSA) is 115 Å². The first kappa shape index (κ1) is 22.1. The molecule has 3 aromatic rings. The molecule has 4 N–H and O–H groups in total. The predicted octanol–water partition coefficient (Wildman–Crippen LogP) is 4.71. The number of carbonyl (C=O) groups excluding carboxylic acids is 1. The van der Waals surface area contributed by atoms with Crippen LogP contribution in [0.2, 0.25) is 5.02 Å². The third kappa shape index (κ3) is 4.58. The van der Waals surface area contributed by atoms with E-state index in [2.05, 4.69) is 21.8 Å². The summed E-state index contributed by atoms with van der Waals surface area (Å²) in [6.07, 6.45) is 6.14. The van der Waals surface area contributed by atoms with Gasteiger partial charge in [0, 0.05) is 29.6 Å². The highest BCUT2D eigenvalue weighted by Crippen LogP contribution is 2.35. The van der Waals surface area contributed by atoms with Crippen molar-refractivity contribution < 1.29 is 24.2 Å². The predicted molar refractivity (Wildman–Crippen MR) is 121 cm³/mol. The van der Waals surface area contributed by atoms with Crippen molar-refractivity contribution in [2.75, 3.05) is 11.9 Å². The van der Waals surface area contributed by atoms with Crippen LogP contribution in [-0.4, -0.2) is 38.6 Å². The standard InChI is InChI=1S/C23H17ClFN4O4/c1-12(30)17-10-26-20-5-4-13(14-8-18(24)22(31)19(25)9-14)7-16(20)21(17)27-15-3-2-6-29(11-15)28-23(32)33/h3-10,28,31H,11H2,1H3,(H,26,27)(H,32,33). The molecular weight excluding hydrogens is 451 g/mol. The summed E-state index contributed by atoms with van der Waals surface area (Å²) < 4.78 is 14.1. The Labute approximate surface area is 192 Å². The normalized spacial score (nSPS) is 13.1. The summed E-state index contributed by atoms with van der Waals surface area (Å²) in [5.74, 6) is -1.71. The van der Waals surface area contributed by atoms with Gasteiger partial charge in [0.1, 0.15) is 0 Å². The highest BCUT2D eigenvalue weighted by molar-refractivity contribution is 6.32. The molecule has 0 bridgehead atoms. The molecule has 0 aliphatic carbocycles. The molecule has 1 aliphatic heterocycles. The van der Waals surface area contributed by atoms with Crippen LogP contribution in [-0.2, 0) is 0 Å². The van der Waals surface area contributed by atoms with E-state index in [1.807, 2.05) is 0 Å². The summed E-state index contributed by atoms with van der Waals surface area (Å²) in [6.45, 7) is 1.57. The van der Waals surface area contributed by atoms with Gasteiger partial charge < -0.3 is 15.5 Å².